The van der Waals surface area contributed by atoms with E-state index in [2.05, 4.69) is 24.3 Å². The van der Waals surface area contributed by atoms with E-state index in [4.69, 9.17) is 5.73 Å². The van der Waals surface area contributed by atoms with Crippen LogP contribution in [0.3, 0.4) is 0 Å². The van der Waals surface area contributed by atoms with Crippen LogP contribution in [0, 0.1) is 5.92 Å². The SMILES string of the molecule is NC(=O)CCC(=O)N1Cc2ccccc2/C=C\C2C=CC=CC21. The molecule has 0 saturated carbocycles. The summed E-state index contributed by atoms with van der Waals surface area (Å²) in [7, 11) is 0. The van der Waals surface area contributed by atoms with Gasteiger partial charge >= 0.3 is 0 Å². The second-order valence-corrected chi connectivity index (χ2v) is 5.88. The molecule has 2 unspecified atom stereocenters. The number of hydrogen-bond acceptors (Lipinski definition) is 2. The van der Waals surface area contributed by atoms with Gasteiger partial charge in [-0.1, -0.05) is 60.7 Å². The Morgan fingerprint density at radius 1 is 1.09 bits per heavy atom. The summed E-state index contributed by atoms with van der Waals surface area (Å²) in [5, 5.41) is 0. The summed E-state index contributed by atoms with van der Waals surface area (Å²) in [6.45, 7) is 0.539. The molecule has 4 heteroatoms. The van der Waals surface area contributed by atoms with Gasteiger partial charge < -0.3 is 10.6 Å². The van der Waals surface area contributed by atoms with Crippen LogP contribution >= 0.6 is 0 Å². The van der Waals surface area contributed by atoms with E-state index in [0.29, 0.717) is 6.54 Å². The molecule has 118 valence electrons. The van der Waals surface area contributed by atoms with Crippen LogP contribution in [0.25, 0.3) is 6.08 Å². The largest absolute Gasteiger partial charge is 0.370 e. The van der Waals surface area contributed by atoms with Crippen molar-refractivity contribution < 1.29 is 9.59 Å². The number of carbonyl (C=O) groups is 2. The highest BCUT2D eigenvalue weighted by Gasteiger charge is 2.29. The molecule has 4 nitrogen and oxygen atoms in total. The molecule has 3 rings (SSSR count). The molecule has 0 radical (unpaired) electrons. The number of carbonyl (C=O) groups excluding carboxylic acids is 2. The van der Waals surface area contributed by atoms with E-state index >= 15 is 0 Å². The van der Waals surface area contributed by atoms with E-state index in [9.17, 15) is 9.59 Å². The molecule has 2 N–H and O–H groups in total. The molecule has 2 amide bonds. The molecule has 0 spiro atoms. The molecule has 1 aromatic rings. The van der Waals surface area contributed by atoms with Crippen LogP contribution in [0.15, 0.2) is 54.6 Å². The number of amides is 2. The zero-order valence-electron chi connectivity index (χ0n) is 12.9. The van der Waals surface area contributed by atoms with Crippen molar-refractivity contribution in [2.75, 3.05) is 0 Å². The quantitative estimate of drug-likeness (QED) is 0.932. The summed E-state index contributed by atoms with van der Waals surface area (Å²) in [5.74, 6) is -0.337. The molecular weight excluding hydrogens is 288 g/mol. The van der Waals surface area contributed by atoms with Gasteiger partial charge in [-0.25, -0.2) is 0 Å². The third-order valence-electron chi connectivity index (χ3n) is 4.31. The van der Waals surface area contributed by atoms with Crippen molar-refractivity contribution in [1.29, 1.82) is 0 Å². The highest BCUT2D eigenvalue weighted by Crippen LogP contribution is 2.28. The normalized spacial score (nSPS) is 23.4. The van der Waals surface area contributed by atoms with Gasteiger partial charge in [-0.15, -0.1) is 0 Å². The highest BCUT2D eigenvalue weighted by molar-refractivity contribution is 5.83. The third-order valence-corrected chi connectivity index (χ3v) is 4.31. The maximum absolute atomic E-state index is 12.7. The van der Waals surface area contributed by atoms with Gasteiger partial charge in [-0.05, 0) is 11.1 Å². The minimum Gasteiger partial charge on any atom is -0.370 e. The molecule has 1 aromatic carbocycles. The Kier molecular flexibility index (Phi) is 4.42. The van der Waals surface area contributed by atoms with Gasteiger partial charge in [-0.2, -0.15) is 0 Å². The maximum Gasteiger partial charge on any atom is 0.223 e. The molecule has 2 atom stereocenters. The summed E-state index contributed by atoms with van der Waals surface area (Å²) in [4.78, 5) is 25.5. The lowest BCUT2D eigenvalue weighted by Gasteiger charge is -2.36. The zero-order chi connectivity index (χ0) is 16.2. The van der Waals surface area contributed by atoms with Crippen LogP contribution in [0.1, 0.15) is 24.0 Å². The predicted octanol–water partition coefficient (Wildman–Crippen LogP) is 2.42. The van der Waals surface area contributed by atoms with Crippen molar-refractivity contribution in [3.05, 3.63) is 65.8 Å². The van der Waals surface area contributed by atoms with Crippen LogP contribution < -0.4 is 5.73 Å². The molecule has 1 aliphatic carbocycles. The molecule has 0 saturated heterocycles. The van der Waals surface area contributed by atoms with Gasteiger partial charge in [0, 0.05) is 25.3 Å². The fraction of sp³-hybridized carbons (Fsp3) is 0.263. The van der Waals surface area contributed by atoms with E-state index in [-0.39, 0.29) is 30.7 Å². The van der Waals surface area contributed by atoms with Gasteiger partial charge in [0.2, 0.25) is 11.8 Å². The lowest BCUT2D eigenvalue weighted by molar-refractivity contribution is -0.135. The lowest BCUT2D eigenvalue weighted by Crippen LogP contribution is -2.43. The van der Waals surface area contributed by atoms with Gasteiger partial charge in [0.15, 0.2) is 0 Å². The maximum atomic E-state index is 12.7. The topological polar surface area (TPSA) is 63.4 Å². The van der Waals surface area contributed by atoms with Crippen LogP contribution in [0.5, 0.6) is 0 Å². The summed E-state index contributed by atoms with van der Waals surface area (Å²) >= 11 is 0. The number of nitrogens with zero attached hydrogens (tertiary/aromatic N) is 1. The Bertz CT molecular complexity index is 703. The van der Waals surface area contributed by atoms with Crippen LogP contribution in [0.2, 0.25) is 0 Å². The van der Waals surface area contributed by atoms with Gasteiger partial charge in [0.25, 0.3) is 0 Å². The first-order chi connectivity index (χ1) is 11.1. The molecule has 0 fully saturated rings. The van der Waals surface area contributed by atoms with E-state index in [1.54, 1.807) is 0 Å². The monoisotopic (exact) mass is 308 g/mol. The molecule has 1 heterocycles. The van der Waals surface area contributed by atoms with Gasteiger partial charge in [0.1, 0.15) is 0 Å². The second-order valence-electron chi connectivity index (χ2n) is 5.88. The minimum atomic E-state index is -0.443. The third kappa shape index (κ3) is 3.42. The Morgan fingerprint density at radius 2 is 1.87 bits per heavy atom. The van der Waals surface area contributed by atoms with Gasteiger partial charge in [0.05, 0.1) is 6.04 Å². The Labute approximate surface area is 136 Å². The van der Waals surface area contributed by atoms with Crippen molar-refractivity contribution in [3.63, 3.8) is 0 Å². The van der Waals surface area contributed by atoms with E-state index in [0.717, 1.165) is 11.1 Å². The van der Waals surface area contributed by atoms with Gasteiger partial charge in [-0.3, -0.25) is 9.59 Å². The zero-order valence-corrected chi connectivity index (χ0v) is 12.9. The first kappa shape index (κ1) is 15.3. The lowest BCUT2D eigenvalue weighted by atomic mass is 9.89. The summed E-state index contributed by atoms with van der Waals surface area (Å²) in [6, 6.07) is 8.05. The van der Waals surface area contributed by atoms with E-state index < -0.39 is 5.91 Å². The average Bonchev–Trinajstić information content (AvgIpc) is 2.55. The van der Waals surface area contributed by atoms with Crippen molar-refractivity contribution in [1.82, 2.24) is 4.90 Å². The van der Waals surface area contributed by atoms with Crippen LogP contribution in [-0.2, 0) is 16.1 Å². The predicted molar refractivity (Wildman–Crippen MR) is 90.0 cm³/mol. The summed E-state index contributed by atoms with van der Waals surface area (Å²) in [6.07, 6.45) is 12.6. The van der Waals surface area contributed by atoms with E-state index in [1.165, 1.54) is 0 Å². The number of primary amides is 1. The smallest absolute Gasteiger partial charge is 0.223 e. The van der Waals surface area contributed by atoms with Crippen molar-refractivity contribution in [3.8, 4) is 0 Å². The highest BCUT2D eigenvalue weighted by atomic mass is 16.2. The molecule has 23 heavy (non-hydrogen) atoms. The first-order valence-corrected chi connectivity index (χ1v) is 7.84. The Hall–Kier alpha value is -2.62. The van der Waals surface area contributed by atoms with E-state index in [1.807, 2.05) is 41.3 Å². The number of fused-ring (bicyclic) bond motifs is 2. The standard InChI is InChI=1S/C19H20N2O2/c20-18(22)11-12-19(23)21-13-16-7-2-1-5-14(16)9-10-15-6-3-4-8-17(15)21/h1-10,15,17H,11-13H2,(H2,20,22)/b10-9-. The summed E-state index contributed by atoms with van der Waals surface area (Å²) < 4.78 is 0. The second kappa shape index (κ2) is 6.65. The fourth-order valence-electron chi connectivity index (χ4n) is 3.07. The fourth-order valence-corrected chi connectivity index (χ4v) is 3.07. The van der Waals surface area contributed by atoms with Crippen molar-refractivity contribution in [2.45, 2.75) is 25.4 Å². The Balaban J connectivity index is 1.93. The molecule has 2 aliphatic rings. The summed E-state index contributed by atoms with van der Waals surface area (Å²) in [5.41, 5.74) is 7.42. The number of benzene rings is 1. The van der Waals surface area contributed by atoms with Crippen LogP contribution in [0.4, 0.5) is 0 Å². The molecule has 0 aromatic heterocycles. The minimum absolute atomic E-state index is 0.0232. The number of allylic oxidation sites excluding steroid dienone is 2. The molecular formula is C19H20N2O2. The molecule has 0 bridgehead atoms. The van der Waals surface area contributed by atoms with Crippen molar-refractivity contribution >= 4 is 17.9 Å². The van der Waals surface area contributed by atoms with Crippen molar-refractivity contribution in [2.24, 2.45) is 11.7 Å². The molecule has 1 aliphatic heterocycles. The van der Waals surface area contributed by atoms with Crippen LogP contribution in [-0.4, -0.2) is 22.8 Å². The Morgan fingerprint density at radius 3 is 2.70 bits per heavy atom. The first-order valence-electron chi connectivity index (χ1n) is 7.84. The average molecular weight is 308 g/mol. The number of nitrogens with two attached hydrogens (primary N) is 1. The number of hydrogen-bond donors (Lipinski definition) is 1. The number of rotatable bonds is 3.